The number of hydrogen-bond donors (Lipinski definition) is 1. The predicted octanol–water partition coefficient (Wildman–Crippen LogP) is 0.510. The van der Waals surface area contributed by atoms with Gasteiger partial charge in [0.05, 0.1) is 0 Å². The highest BCUT2D eigenvalue weighted by Gasteiger charge is 1.99. The van der Waals surface area contributed by atoms with Gasteiger partial charge in [-0.3, -0.25) is 0 Å². The van der Waals surface area contributed by atoms with Gasteiger partial charge in [0, 0.05) is 5.69 Å². The molecule has 0 atom stereocenters. The van der Waals surface area contributed by atoms with Gasteiger partial charge in [0.15, 0.2) is 0 Å². The molecule has 0 bridgehead atoms. The van der Waals surface area contributed by atoms with Crippen LogP contribution in [0.1, 0.15) is 5.56 Å². The lowest BCUT2D eigenvalue weighted by Gasteiger charge is -2.02. The van der Waals surface area contributed by atoms with Crippen LogP contribution in [0.15, 0.2) is 12.1 Å². The number of nitrogen functional groups attached to an aromatic ring is 1. The number of benzene rings is 1. The fourth-order valence-corrected chi connectivity index (χ4v) is 0.782. The molecule has 1 rings (SSSR count). The molecule has 1 nitrogen and oxygen atoms in total. The van der Waals surface area contributed by atoms with Gasteiger partial charge in [-0.1, -0.05) is 11.0 Å². The molecule has 10 heavy (non-hydrogen) atoms. The third kappa shape index (κ3) is 1.13. The van der Waals surface area contributed by atoms with Crippen LogP contribution in [0.5, 0.6) is 0 Å². The minimum atomic E-state index is -0.447. The van der Waals surface area contributed by atoms with Gasteiger partial charge in [0.25, 0.3) is 0 Å². The lowest BCUT2D eigenvalue weighted by atomic mass is 9.90. The molecule has 1 aromatic rings. The largest absolute Gasteiger partial charge is 0.399 e. The molecule has 0 aromatic heterocycles. The molecule has 0 unspecified atom stereocenters. The Labute approximate surface area is 60.5 Å². The number of aryl methyl sites for hydroxylation is 1. The van der Waals surface area contributed by atoms with E-state index in [2.05, 4.69) is 0 Å². The maximum Gasteiger partial charge on any atom is 0.118 e. The molecule has 0 aliphatic rings. The summed E-state index contributed by atoms with van der Waals surface area (Å²) in [6.45, 7) is 1.72. The number of nitrogens with two attached hydrogens (primary N) is 1. The summed E-state index contributed by atoms with van der Waals surface area (Å²) in [7, 11) is 5.32. The van der Waals surface area contributed by atoms with E-state index in [9.17, 15) is 4.39 Å². The van der Waals surface area contributed by atoms with Crippen LogP contribution in [-0.2, 0) is 0 Å². The smallest absolute Gasteiger partial charge is 0.118 e. The zero-order valence-electron chi connectivity index (χ0n) is 5.69. The van der Waals surface area contributed by atoms with E-state index in [0.29, 0.717) is 11.3 Å². The molecule has 0 heterocycles. The molecule has 0 saturated carbocycles. The molecule has 1 aromatic carbocycles. The fourth-order valence-electron chi connectivity index (χ4n) is 0.782. The second kappa shape index (κ2) is 2.33. The molecule has 2 N–H and O–H groups in total. The monoisotopic (exact) mass is 135 g/mol. The molecule has 0 aliphatic carbocycles. The Morgan fingerprint density at radius 1 is 1.50 bits per heavy atom. The first-order valence-corrected chi connectivity index (χ1v) is 2.92. The van der Waals surface area contributed by atoms with Crippen molar-refractivity contribution in [2.45, 2.75) is 6.92 Å². The van der Waals surface area contributed by atoms with Crippen LogP contribution in [0.3, 0.4) is 0 Å². The topological polar surface area (TPSA) is 26.0 Å². The van der Waals surface area contributed by atoms with Gasteiger partial charge >= 0.3 is 0 Å². The van der Waals surface area contributed by atoms with Gasteiger partial charge in [0.2, 0.25) is 0 Å². The van der Waals surface area contributed by atoms with Crippen molar-refractivity contribution in [1.29, 1.82) is 0 Å². The van der Waals surface area contributed by atoms with Crippen molar-refractivity contribution in [3.63, 3.8) is 0 Å². The third-order valence-corrected chi connectivity index (χ3v) is 1.36. The van der Waals surface area contributed by atoms with Gasteiger partial charge < -0.3 is 5.73 Å². The molecular weight excluding hydrogens is 128 g/mol. The van der Waals surface area contributed by atoms with E-state index in [4.69, 9.17) is 13.6 Å². The summed E-state index contributed by atoms with van der Waals surface area (Å²) in [5.74, 6) is -0.447. The van der Waals surface area contributed by atoms with Crippen LogP contribution in [0.2, 0.25) is 0 Å². The molecule has 2 radical (unpaired) electrons. The predicted molar refractivity (Wildman–Crippen MR) is 40.9 cm³/mol. The van der Waals surface area contributed by atoms with E-state index in [1.54, 1.807) is 13.0 Å². The fraction of sp³-hybridized carbons (Fsp3) is 0.143. The normalized spacial score (nSPS) is 9.80. The highest BCUT2D eigenvalue weighted by molar-refractivity contribution is 6.33. The summed E-state index contributed by atoms with van der Waals surface area (Å²) in [6.07, 6.45) is 0. The Hall–Kier alpha value is -0.985. The lowest BCUT2D eigenvalue weighted by molar-refractivity contribution is 0.636. The van der Waals surface area contributed by atoms with Crippen LogP contribution >= 0.6 is 0 Å². The van der Waals surface area contributed by atoms with Crippen molar-refractivity contribution < 1.29 is 4.39 Å². The van der Waals surface area contributed by atoms with Crippen molar-refractivity contribution in [3.05, 3.63) is 23.5 Å². The van der Waals surface area contributed by atoms with Crippen LogP contribution < -0.4 is 11.2 Å². The van der Waals surface area contributed by atoms with Gasteiger partial charge in [-0.25, -0.2) is 4.39 Å². The summed E-state index contributed by atoms with van der Waals surface area (Å²) < 4.78 is 12.6. The number of halogens is 1. The molecule has 0 spiro atoms. The van der Waals surface area contributed by atoms with Crippen LogP contribution in [0, 0.1) is 12.7 Å². The van der Waals surface area contributed by atoms with E-state index < -0.39 is 5.82 Å². The zero-order chi connectivity index (χ0) is 7.72. The van der Waals surface area contributed by atoms with Gasteiger partial charge in [0.1, 0.15) is 13.7 Å². The molecular formula is C7H7BFN. The molecule has 0 amide bonds. The highest BCUT2D eigenvalue weighted by atomic mass is 19.1. The molecule has 50 valence electrons. The third-order valence-electron chi connectivity index (χ3n) is 1.36. The lowest BCUT2D eigenvalue weighted by Crippen LogP contribution is -2.12. The van der Waals surface area contributed by atoms with E-state index in [1.165, 1.54) is 6.07 Å². The van der Waals surface area contributed by atoms with Gasteiger partial charge in [-0.2, -0.15) is 0 Å². The Morgan fingerprint density at radius 3 is 2.60 bits per heavy atom. The standard InChI is InChI=1S/C7H7BFN/c1-4-2-5(10)3-6(9)7(4)8/h2-3H,10H2,1H3. The van der Waals surface area contributed by atoms with E-state index in [-0.39, 0.29) is 5.46 Å². The average Bonchev–Trinajstić information content (AvgIpc) is 1.82. The summed E-state index contributed by atoms with van der Waals surface area (Å²) in [5.41, 5.74) is 6.59. The maximum atomic E-state index is 12.6. The van der Waals surface area contributed by atoms with E-state index in [0.717, 1.165) is 0 Å². The quantitative estimate of drug-likeness (QED) is 0.407. The Bertz CT molecular complexity index is 237. The molecule has 0 aliphatic heterocycles. The first-order chi connectivity index (χ1) is 4.61. The van der Waals surface area contributed by atoms with Crippen LogP contribution in [0.4, 0.5) is 10.1 Å². The first kappa shape index (κ1) is 7.13. The minimum Gasteiger partial charge on any atom is -0.399 e. The number of anilines is 1. The second-order valence-electron chi connectivity index (χ2n) is 2.23. The van der Waals surface area contributed by atoms with Crippen LogP contribution in [-0.4, -0.2) is 7.85 Å². The summed E-state index contributed by atoms with van der Waals surface area (Å²) >= 11 is 0. The Morgan fingerprint density at radius 2 is 2.10 bits per heavy atom. The minimum absolute atomic E-state index is 0.175. The van der Waals surface area contributed by atoms with Gasteiger partial charge in [-0.05, 0) is 19.1 Å². The maximum absolute atomic E-state index is 12.6. The molecule has 3 heteroatoms. The molecule has 0 fully saturated rings. The Kier molecular flexibility index (Phi) is 1.66. The average molecular weight is 135 g/mol. The van der Waals surface area contributed by atoms with E-state index >= 15 is 0 Å². The summed E-state index contributed by atoms with van der Waals surface area (Å²) in [6, 6.07) is 2.85. The zero-order valence-corrected chi connectivity index (χ0v) is 5.69. The van der Waals surface area contributed by atoms with Crippen molar-refractivity contribution in [1.82, 2.24) is 0 Å². The van der Waals surface area contributed by atoms with Gasteiger partial charge in [-0.15, -0.1) is 0 Å². The summed E-state index contributed by atoms with van der Waals surface area (Å²) in [5, 5.41) is 0. The van der Waals surface area contributed by atoms with E-state index in [1.807, 2.05) is 0 Å². The van der Waals surface area contributed by atoms with Crippen molar-refractivity contribution in [2.75, 3.05) is 5.73 Å². The highest BCUT2D eigenvalue weighted by Crippen LogP contribution is 2.05. The first-order valence-electron chi connectivity index (χ1n) is 2.92. The van der Waals surface area contributed by atoms with Crippen molar-refractivity contribution >= 4 is 19.0 Å². The number of rotatable bonds is 0. The number of hydrogen-bond acceptors (Lipinski definition) is 1. The van der Waals surface area contributed by atoms with Crippen LogP contribution in [0.25, 0.3) is 0 Å². The Balaban J connectivity index is 3.31. The SMILES string of the molecule is [B]c1c(C)cc(N)cc1F. The molecule has 0 saturated heterocycles. The second-order valence-corrected chi connectivity index (χ2v) is 2.23. The van der Waals surface area contributed by atoms with Crippen molar-refractivity contribution in [3.8, 4) is 0 Å². The van der Waals surface area contributed by atoms with Crippen molar-refractivity contribution in [2.24, 2.45) is 0 Å². The summed E-state index contributed by atoms with van der Waals surface area (Å²) in [4.78, 5) is 0.